The number of rotatable bonds is 8. The van der Waals surface area contributed by atoms with Crippen molar-refractivity contribution in [1.29, 1.82) is 0 Å². The van der Waals surface area contributed by atoms with Crippen molar-refractivity contribution in [2.75, 3.05) is 13.2 Å². The van der Waals surface area contributed by atoms with E-state index in [1.165, 1.54) is 9.75 Å². The number of aromatic nitrogens is 1. The van der Waals surface area contributed by atoms with E-state index in [9.17, 15) is 0 Å². The van der Waals surface area contributed by atoms with Crippen LogP contribution in [0.5, 0.6) is 5.88 Å². The van der Waals surface area contributed by atoms with Gasteiger partial charge in [0.2, 0.25) is 5.88 Å². The summed E-state index contributed by atoms with van der Waals surface area (Å²) in [5.41, 5.74) is 0.989. The van der Waals surface area contributed by atoms with Crippen molar-refractivity contribution in [1.82, 2.24) is 15.6 Å². The van der Waals surface area contributed by atoms with Gasteiger partial charge in [0.15, 0.2) is 5.96 Å². The minimum absolute atomic E-state index is 0.302. The summed E-state index contributed by atoms with van der Waals surface area (Å²) < 4.78 is 5.57. The third-order valence-electron chi connectivity index (χ3n) is 3.57. The highest BCUT2D eigenvalue weighted by molar-refractivity contribution is 7.11. The van der Waals surface area contributed by atoms with Crippen LogP contribution in [0.2, 0.25) is 0 Å². The van der Waals surface area contributed by atoms with E-state index in [2.05, 4.69) is 48.5 Å². The largest absolute Gasteiger partial charge is 0.478 e. The molecule has 6 heteroatoms. The molecule has 0 amide bonds. The predicted molar refractivity (Wildman–Crippen MR) is 106 cm³/mol. The number of aryl methyl sites for hydroxylation is 1. The lowest BCUT2D eigenvalue weighted by Gasteiger charge is -2.17. The Balaban J connectivity index is 2.00. The van der Waals surface area contributed by atoms with E-state index < -0.39 is 0 Å². The van der Waals surface area contributed by atoms with Crippen molar-refractivity contribution in [3.05, 3.63) is 45.8 Å². The molecule has 1 atom stereocenters. The third-order valence-corrected chi connectivity index (χ3v) is 4.59. The van der Waals surface area contributed by atoms with E-state index in [1.54, 1.807) is 6.20 Å². The van der Waals surface area contributed by atoms with Crippen molar-refractivity contribution in [2.24, 2.45) is 4.99 Å². The molecule has 0 aliphatic rings. The summed E-state index contributed by atoms with van der Waals surface area (Å²) in [5, 5.41) is 6.79. The quantitative estimate of drug-likeness (QED) is 0.558. The normalized spacial score (nSPS) is 12.7. The highest BCUT2D eigenvalue weighted by atomic mass is 32.1. The molecule has 1 unspecified atom stereocenters. The van der Waals surface area contributed by atoms with Gasteiger partial charge in [0.25, 0.3) is 0 Å². The molecule has 2 heterocycles. The maximum Gasteiger partial charge on any atom is 0.218 e. The monoisotopic (exact) mass is 360 g/mol. The number of hydrogen-bond acceptors (Lipinski definition) is 4. The van der Waals surface area contributed by atoms with Crippen molar-refractivity contribution in [2.45, 2.75) is 46.7 Å². The molecular formula is C19H28N4OS. The van der Waals surface area contributed by atoms with Gasteiger partial charge in [-0.25, -0.2) is 9.98 Å². The molecule has 2 aromatic rings. The third kappa shape index (κ3) is 6.38. The number of nitrogens with one attached hydrogen (secondary N) is 2. The number of nitrogens with zero attached hydrogens (tertiary/aromatic N) is 2. The Morgan fingerprint density at radius 3 is 2.84 bits per heavy atom. The molecule has 0 radical (unpaired) electrons. The van der Waals surface area contributed by atoms with E-state index in [0.29, 0.717) is 25.1 Å². The molecule has 2 aromatic heterocycles. The molecule has 0 saturated heterocycles. The van der Waals surface area contributed by atoms with E-state index in [-0.39, 0.29) is 0 Å². The SMILES string of the molecule is CCNC(=NCc1cccnc1OCC)NC(C)Cc1ccc(C)s1. The molecule has 0 aliphatic heterocycles. The Labute approximate surface area is 154 Å². The highest BCUT2D eigenvalue weighted by Crippen LogP contribution is 2.17. The van der Waals surface area contributed by atoms with Crippen molar-refractivity contribution >= 4 is 17.3 Å². The maximum atomic E-state index is 5.57. The molecule has 0 aromatic carbocycles. The van der Waals surface area contributed by atoms with Crippen LogP contribution in [0.4, 0.5) is 0 Å². The first kappa shape index (κ1) is 19.2. The molecule has 0 spiro atoms. The molecule has 0 aliphatic carbocycles. The van der Waals surface area contributed by atoms with Crippen LogP contribution in [0.15, 0.2) is 35.5 Å². The van der Waals surface area contributed by atoms with Crippen molar-refractivity contribution in [3.63, 3.8) is 0 Å². The van der Waals surface area contributed by atoms with Gasteiger partial charge in [0.05, 0.1) is 13.2 Å². The summed E-state index contributed by atoms with van der Waals surface area (Å²) in [6.07, 6.45) is 2.73. The molecular weight excluding hydrogens is 332 g/mol. The standard InChI is InChI=1S/C19H28N4OS/c1-5-20-19(23-14(3)12-17-10-9-15(4)25-17)22-13-16-8-7-11-21-18(16)24-6-2/h7-11,14H,5-6,12-13H2,1-4H3,(H2,20,22,23). The summed E-state index contributed by atoms with van der Waals surface area (Å²) in [6, 6.07) is 8.59. The molecule has 0 fully saturated rings. The molecule has 0 saturated carbocycles. The van der Waals surface area contributed by atoms with E-state index in [4.69, 9.17) is 9.73 Å². The van der Waals surface area contributed by atoms with Gasteiger partial charge in [-0.05, 0) is 45.9 Å². The van der Waals surface area contributed by atoms with Crippen LogP contribution >= 0.6 is 11.3 Å². The van der Waals surface area contributed by atoms with Gasteiger partial charge in [0.1, 0.15) is 0 Å². The maximum absolute atomic E-state index is 5.57. The molecule has 2 N–H and O–H groups in total. The van der Waals surface area contributed by atoms with Gasteiger partial charge in [-0.1, -0.05) is 6.07 Å². The minimum Gasteiger partial charge on any atom is -0.478 e. The van der Waals surface area contributed by atoms with Crippen LogP contribution in [-0.2, 0) is 13.0 Å². The molecule has 2 rings (SSSR count). The topological polar surface area (TPSA) is 58.5 Å². The number of thiophene rings is 1. The number of aliphatic imine (C=N–C) groups is 1. The minimum atomic E-state index is 0.302. The summed E-state index contributed by atoms with van der Waals surface area (Å²) >= 11 is 1.85. The average Bonchev–Trinajstić information content (AvgIpc) is 2.99. The van der Waals surface area contributed by atoms with Gasteiger partial charge in [-0.15, -0.1) is 11.3 Å². The second-order valence-corrected chi connectivity index (χ2v) is 7.23. The van der Waals surface area contributed by atoms with Crippen LogP contribution in [0.25, 0.3) is 0 Å². The second-order valence-electron chi connectivity index (χ2n) is 5.86. The Morgan fingerprint density at radius 2 is 2.16 bits per heavy atom. The lowest BCUT2D eigenvalue weighted by atomic mass is 10.2. The Kier molecular flexibility index (Phi) is 7.73. The smallest absolute Gasteiger partial charge is 0.218 e. The highest BCUT2D eigenvalue weighted by Gasteiger charge is 2.09. The van der Waals surface area contributed by atoms with Crippen LogP contribution in [0.3, 0.4) is 0 Å². The zero-order valence-corrected chi connectivity index (χ0v) is 16.3. The van der Waals surface area contributed by atoms with E-state index in [1.807, 2.05) is 30.4 Å². The van der Waals surface area contributed by atoms with E-state index in [0.717, 1.165) is 24.5 Å². The lowest BCUT2D eigenvalue weighted by molar-refractivity contribution is 0.323. The first-order chi connectivity index (χ1) is 12.1. The second kappa shape index (κ2) is 10.0. The average molecular weight is 361 g/mol. The first-order valence-electron chi connectivity index (χ1n) is 8.79. The molecule has 0 bridgehead atoms. The number of ether oxygens (including phenoxy) is 1. The van der Waals surface area contributed by atoms with Gasteiger partial charge >= 0.3 is 0 Å². The number of guanidine groups is 1. The van der Waals surface area contributed by atoms with Crippen LogP contribution in [0, 0.1) is 6.92 Å². The van der Waals surface area contributed by atoms with Crippen LogP contribution in [-0.4, -0.2) is 30.1 Å². The van der Waals surface area contributed by atoms with Crippen LogP contribution < -0.4 is 15.4 Å². The zero-order chi connectivity index (χ0) is 18.1. The zero-order valence-electron chi connectivity index (χ0n) is 15.5. The fourth-order valence-corrected chi connectivity index (χ4v) is 3.50. The predicted octanol–water partition coefficient (Wildman–Crippen LogP) is 3.54. The first-order valence-corrected chi connectivity index (χ1v) is 9.60. The summed E-state index contributed by atoms with van der Waals surface area (Å²) in [7, 11) is 0. The Hall–Kier alpha value is -2.08. The van der Waals surface area contributed by atoms with Gasteiger partial charge < -0.3 is 15.4 Å². The Bertz CT molecular complexity index is 684. The number of hydrogen-bond donors (Lipinski definition) is 2. The lowest BCUT2D eigenvalue weighted by Crippen LogP contribution is -2.43. The summed E-state index contributed by atoms with van der Waals surface area (Å²) in [6.45, 7) is 10.3. The van der Waals surface area contributed by atoms with Crippen LogP contribution in [0.1, 0.15) is 36.1 Å². The van der Waals surface area contributed by atoms with Gasteiger partial charge in [-0.2, -0.15) is 0 Å². The molecule has 5 nitrogen and oxygen atoms in total. The Morgan fingerprint density at radius 1 is 1.32 bits per heavy atom. The van der Waals surface area contributed by atoms with Crippen molar-refractivity contribution < 1.29 is 4.74 Å². The molecule has 25 heavy (non-hydrogen) atoms. The van der Waals surface area contributed by atoms with Gasteiger partial charge in [0, 0.05) is 40.5 Å². The van der Waals surface area contributed by atoms with E-state index >= 15 is 0 Å². The fraction of sp³-hybridized carbons (Fsp3) is 0.474. The number of pyridine rings is 1. The molecule has 136 valence electrons. The van der Waals surface area contributed by atoms with Gasteiger partial charge in [-0.3, -0.25) is 0 Å². The van der Waals surface area contributed by atoms with Crippen molar-refractivity contribution in [3.8, 4) is 5.88 Å². The summed E-state index contributed by atoms with van der Waals surface area (Å²) in [4.78, 5) is 11.7. The summed E-state index contributed by atoms with van der Waals surface area (Å²) in [5.74, 6) is 1.47. The fourth-order valence-electron chi connectivity index (χ4n) is 2.48.